The SMILES string of the molecule is COc1cc(CNC(C)C(C)(C)C)ccc1OCC(=O)NC1CCCCC1.Cl. The number of carbonyl (C=O) groups is 1. The lowest BCUT2D eigenvalue weighted by atomic mass is 9.88. The van der Waals surface area contributed by atoms with E-state index in [1.807, 2.05) is 18.2 Å². The van der Waals surface area contributed by atoms with E-state index in [2.05, 4.69) is 38.3 Å². The molecule has 0 bridgehead atoms. The van der Waals surface area contributed by atoms with Crippen molar-refractivity contribution in [3.63, 3.8) is 0 Å². The monoisotopic (exact) mass is 412 g/mol. The second-order valence-corrected chi connectivity index (χ2v) is 8.64. The zero-order chi connectivity index (χ0) is 19.9. The van der Waals surface area contributed by atoms with Crippen LogP contribution in [-0.4, -0.2) is 31.7 Å². The number of ether oxygens (including phenoxy) is 2. The topological polar surface area (TPSA) is 59.6 Å². The standard InChI is InChI=1S/C22H36N2O3.ClH/c1-16(22(2,3)4)23-14-17-11-12-19(20(13-17)26-5)27-15-21(25)24-18-9-7-6-8-10-18;/h11-13,16,18,23H,6-10,14-15H2,1-5H3,(H,24,25);1H. The minimum atomic E-state index is -0.0614. The maximum absolute atomic E-state index is 12.1. The summed E-state index contributed by atoms with van der Waals surface area (Å²) >= 11 is 0. The Hall–Kier alpha value is -1.46. The number of hydrogen-bond acceptors (Lipinski definition) is 4. The van der Waals surface area contributed by atoms with Gasteiger partial charge in [0.1, 0.15) is 0 Å². The number of carbonyl (C=O) groups excluding carboxylic acids is 1. The molecule has 0 spiro atoms. The lowest BCUT2D eigenvalue weighted by Gasteiger charge is -2.28. The Kier molecular flexibility index (Phi) is 10.1. The second kappa shape index (κ2) is 11.5. The molecule has 28 heavy (non-hydrogen) atoms. The number of benzene rings is 1. The smallest absolute Gasteiger partial charge is 0.258 e. The van der Waals surface area contributed by atoms with Gasteiger partial charge in [0, 0.05) is 18.6 Å². The quantitative estimate of drug-likeness (QED) is 0.661. The molecule has 1 aliphatic carbocycles. The van der Waals surface area contributed by atoms with Gasteiger partial charge in [-0.15, -0.1) is 12.4 Å². The highest BCUT2D eigenvalue weighted by molar-refractivity contribution is 5.85. The predicted octanol–water partition coefficient (Wildman–Crippen LogP) is 4.47. The van der Waals surface area contributed by atoms with Crippen LogP contribution in [0.2, 0.25) is 0 Å². The zero-order valence-electron chi connectivity index (χ0n) is 18.0. The average molecular weight is 413 g/mol. The summed E-state index contributed by atoms with van der Waals surface area (Å²) in [5, 5.41) is 6.61. The number of hydrogen-bond donors (Lipinski definition) is 2. The first-order valence-corrected chi connectivity index (χ1v) is 10.1. The third kappa shape index (κ3) is 7.88. The molecule has 0 saturated heterocycles. The van der Waals surface area contributed by atoms with Crippen molar-refractivity contribution in [2.75, 3.05) is 13.7 Å². The Morgan fingerprint density at radius 2 is 1.86 bits per heavy atom. The van der Waals surface area contributed by atoms with Gasteiger partial charge in [0.05, 0.1) is 7.11 Å². The van der Waals surface area contributed by atoms with Crippen LogP contribution in [0.15, 0.2) is 18.2 Å². The van der Waals surface area contributed by atoms with Crippen molar-refractivity contribution >= 4 is 18.3 Å². The predicted molar refractivity (Wildman–Crippen MR) is 117 cm³/mol. The van der Waals surface area contributed by atoms with Gasteiger partial charge in [-0.25, -0.2) is 0 Å². The summed E-state index contributed by atoms with van der Waals surface area (Å²) in [6.07, 6.45) is 5.81. The van der Waals surface area contributed by atoms with Crippen molar-refractivity contribution in [3.8, 4) is 11.5 Å². The molecule has 2 N–H and O–H groups in total. The van der Waals surface area contributed by atoms with Crippen LogP contribution in [0.4, 0.5) is 0 Å². The lowest BCUT2D eigenvalue weighted by Crippen LogP contribution is -2.39. The average Bonchev–Trinajstić information content (AvgIpc) is 2.64. The van der Waals surface area contributed by atoms with E-state index in [4.69, 9.17) is 9.47 Å². The Bertz CT molecular complexity index is 610. The summed E-state index contributed by atoms with van der Waals surface area (Å²) in [6, 6.07) is 6.56. The number of nitrogens with one attached hydrogen (secondary N) is 2. The van der Waals surface area contributed by atoms with E-state index in [0.717, 1.165) is 24.9 Å². The molecule has 6 heteroatoms. The molecule has 0 heterocycles. The van der Waals surface area contributed by atoms with E-state index >= 15 is 0 Å². The van der Waals surface area contributed by atoms with Gasteiger partial charge >= 0.3 is 0 Å². The Morgan fingerprint density at radius 3 is 2.46 bits per heavy atom. The molecule has 1 atom stereocenters. The maximum atomic E-state index is 12.1. The molecule has 2 rings (SSSR count). The van der Waals surface area contributed by atoms with Gasteiger partial charge in [-0.05, 0) is 42.9 Å². The Balaban J connectivity index is 0.00000392. The molecule has 0 aromatic heterocycles. The first kappa shape index (κ1) is 24.6. The summed E-state index contributed by atoms with van der Waals surface area (Å²) in [5.41, 5.74) is 1.33. The third-order valence-corrected chi connectivity index (χ3v) is 5.47. The molecular formula is C22H37ClN2O3. The summed E-state index contributed by atoms with van der Waals surface area (Å²) < 4.78 is 11.2. The normalized spacial score (nSPS) is 16.0. The third-order valence-electron chi connectivity index (χ3n) is 5.47. The zero-order valence-corrected chi connectivity index (χ0v) is 18.8. The molecular weight excluding hydrogens is 376 g/mol. The van der Waals surface area contributed by atoms with Crippen LogP contribution in [0.3, 0.4) is 0 Å². The molecule has 1 saturated carbocycles. The highest BCUT2D eigenvalue weighted by atomic mass is 35.5. The van der Waals surface area contributed by atoms with Crippen molar-refractivity contribution in [2.24, 2.45) is 5.41 Å². The van der Waals surface area contributed by atoms with Gasteiger partial charge < -0.3 is 20.1 Å². The summed E-state index contributed by atoms with van der Waals surface area (Å²) in [4.78, 5) is 12.1. The van der Waals surface area contributed by atoms with Crippen LogP contribution in [-0.2, 0) is 11.3 Å². The number of halogens is 1. The molecule has 0 aliphatic heterocycles. The molecule has 5 nitrogen and oxygen atoms in total. The number of rotatable bonds is 8. The molecule has 0 radical (unpaired) electrons. The van der Waals surface area contributed by atoms with Crippen LogP contribution in [0, 0.1) is 5.41 Å². The van der Waals surface area contributed by atoms with Gasteiger partial charge in [0.25, 0.3) is 5.91 Å². The minimum absolute atomic E-state index is 0. The van der Waals surface area contributed by atoms with Crippen molar-refractivity contribution in [1.29, 1.82) is 0 Å². The summed E-state index contributed by atoms with van der Waals surface area (Å²) in [6.45, 7) is 9.64. The summed E-state index contributed by atoms with van der Waals surface area (Å²) in [7, 11) is 1.62. The Labute approximate surface area is 176 Å². The van der Waals surface area contributed by atoms with Crippen molar-refractivity contribution in [2.45, 2.75) is 78.4 Å². The molecule has 1 aliphatic rings. The van der Waals surface area contributed by atoms with E-state index in [-0.39, 0.29) is 30.3 Å². The summed E-state index contributed by atoms with van der Waals surface area (Å²) in [5.74, 6) is 1.20. The van der Waals surface area contributed by atoms with E-state index in [1.165, 1.54) is 19.3 Å². The first-order chi connectivity index (χ1) is 12.8. The van der Waals surface area contributed by atoms with Crippen molar-refractivity contribution < 1.29 is 14.3 Å². The van der Waals surface area contributed by atoms with Gasteiger partial charge in [0.15, 0.2) is 18.1 Å². The Morgan fingerprint density at radius 1 is 1.18 bits per heavy atom. The first-order valence-electron chi connectivity index (χ1n) is 10.1. The minimum Gasteiger partial charge on any atom is -0.493 e. The fourth-order valence-electron chi connectivity index (χ4n) is 3.18. The lowest BCUT2D eigenvalue weighted by molar-refractivity contribution is -0.124. The fourth-order valence-corrected chi connectivity index (χ4v) is 3.18. The van der Waals surface area contributed by atoms with Crippen LogP contribution in [0.25, 0.3) is 0 Å². The molecule has 1 amide bonds. The van der Waals surface area contributed by atoms with Gasteiger partial charge in [-0.3, -0.25) is 4.79 Å². The maximum Gasteiger partial charge on any atom is 0.258 e. The van der Waals surface area contributed by atoms with Gasteiger partial charge in [0.2, 0.25) is 0 Å². The van der Waals surface area contributed by atoms with Crippen LogP contribution in [0.5, 0.6) is 11.5 Å². The highest BCUT2D eigenvalue weighted by Crippen LogP contribution is 2.28. The van der Waals surface area contributed by atoms with Gasteiger partial charge in [-0.2, -0.15) is 0 Å². The largest absolute Gasteiger partial charge is 0.493 e. The van der Waals surface area contributed by atoms with Crippen molar-refractivity contribution in [1.82, 2.24) is 10.6 Å². The van der Waals surface area contributed by atoms with Crippen LogP contribution >= 0.6 is 12.4 Å². The molecule has 1 aromatic rings. The molecule has 1 unspecified atom stereocenters. The van der Waals surface area contributed by atoms with E-state index in [1.54, 1.807) is 7.11 Å². The number of methoxy groups -OCH3 is 1. The fraction of sp³-hybridized carbons (Fsp3) is 0.682. The second-order valence-electron chi connectivity index (χ2n) is 8.64. The van der Waals surface area contributed by atoms with E-state index in [9.17, 15) is 4.79 Å². The molecule has 1 aromatic carbocycles. The van der Waals surface area contributed by atoms with E-state index < -0.39 is 0 Å². The van der Waals surface area contributed by atoms with Crippen LogP contribution in [0.1, 0.15) is 65.4 Å². The van der Waals surface area contributed by atoms with E-state index in [0.29, 0.717) is 23.6 Å². The highest BCUT2D eigenvalue weighted by Gasteiger charge is 2.19. The number of amides is 1. The van der Waals surface area contributed by atoms with Crippen LogP contribution < -0.4 is 20.1 Å². The molecule has 160 valence electrons. The molecule has 1 fully saturated rings. The van der Waals surface area contributed by atoms with Gasteiger partial charge in [-0.1, -0.05) is 46.1 Å². The van der Waals surface area contributed by atoms with Crippen molar-refractivity contribution in [3.05, 3.63) is 23.8 Å².